The molecule has 0 aliphatic rings. The Hall–Kier alpha value is -1.53. The topological polar surface area (TPSA) is 60.9 Å². The van der Waals surface area contributed by atoms with Crippen LogP contribution in [-0.4, -0.2) is 15.7 Å². The number of nitrogens with zero attached hydrogens (tertiary/aromatic N) is 2. The molecule has 2 N–H and O–H groups in total. The summed E-state index contributed by atoms with van der Waals surface area (Å²) >= 11 is 0. The molecule has 0 radical (unpaired) electrons. The van der Waals surface area contributed by atoms with Gasteiger partial charge in [-0.25, -0.2) is 0 Å². The fourth-order valence-corrected chi connectivity index (χ4v) is 0.973. The van der Waals surface area contributed by atoms with E-state index in [1.165, 1.54) is 0 Å². The molecule has 0 bridgehead atoms. The second-order valence-electron chi connectivity index (χ2n) is 2.61. The zero-order valence-corrected chi connectivity index (χ0v) is 7.30. The van der Waals surface area contributed by atoms with Crippen molar-refractivity contribution in [1.82, 2.24) is 9.78 Å². The Labute approximate surface area is 77.5 Å². The molecule has 0 aliphatic heterocycles. The second kappa shape index (κ2) is 3.32. The minimum absolute atomic E-state index is 0.246. The van der Waals surface area contributed by atoms with Gasteiger partial charge in [-0.05, 0) is 6.92 Å². The molecule has 0 spiro atoms. The summed E-state index contributed by atoms with van der Waals surface area (Å²) in [6, 6.07) is 0. The van der Waals surface area contributed by atoms with Crippen LogP contribution in [-0.2, 0) is 12.7 Å². The molecule has 0 aliphatic carbocycles. The molecule has 1 amide bonds. The highest BCUT2D eigenvalue weighted by Gasteiger charge is 2.38. The van der Waals surface area contributed by atoms with Crippen LogP contribution in [0.5, 0.6) is 0 Å². The maximum atomic E-state index is 12.3. The van der Waals surface area contributed by atoms with Crippen LogP contribution in [0.3, 0.4) is 0 Å². The molecule has 0 fully saturated rings. The van der Waals surface area contributed by atoms with Crippen molar-refractivity contribution in [1.29, 1.82) is 0 Å². The Morgan fingerprint density at radius 1 is 1.64 bits per heavy atom. The van der Waals surface area contributed by atoms with Crippen molar-refractivity contribution in [3.05, 3.63) is 17.5 Å². The molecule has 14 heavy (non-hydrogen) atoms. The number of aryl methyl sites for hydroxylation is 1. The minimum atomic E-state index is -4.65. The third-order valence-electron chi connectivity index (χ3n) is 1.62. The Morgan fingerprint density at radius 2 is 2.21 bits per heavy atom. The Bertz CT molecular complexity index is 356. The first-order chi connectivity index (χ1) is 6.36. The predicted octanol–water partition coefficient (Wildman–Crippen LogP) is 1.02. The van der Waals surface area contributed by atoms with E-state index in [9.17, 15) is 18.0 Å². The van der Waals surface area contributed by atoms with Crippen molar-refractivity contribution in [2.75, 3.05) is 0 Å². The third-order valence-corrected chi connectivity index (χ3v) is 1.62. The van der Waals surface area contributed by atoms with Crippen molar-refractivity contribution < 1.29 is 18.0 Å². The van der Waals surface area contributed by atoms with Crippen LogP contribution in [0.15, 0.2) is 6.20 Å². The molecular weight excluding hydrogens is 199 g/mol. The van der Waals surface area contributed by atoms with Gasteiger partial charge in [-0.2, -0.15) is 18.3 Å². The average molecular weight is 207 g/mol. The van der Waals surface area contributed by atoms with Crippen molar-refractivity contribution in [3.8, 4) is 0 Å². The molecule has 1 rings (SSSR count). The lowest BCUT2D eigenvalue weighted by atomic mass is 10.2. The third kappa shape index (κ3) is 1.86. The van der Waals surface area contributed by atoms with E-state index >= 15 is 0 Å². The van der Waals surface area contributed by atoms with Crippen LogP contribution < -0.4 is 5.73 Å². The summed E-state index contributed by atoms with van der Waals surface area (Å²) in [7, 11) is 0. The SMILES string of the molecule is CCn1cc(C(N)=O)c(C(F)(F)F)n1. The Balaban J connectivity index is 3.26. The van der Waals surface area contributed by atoms with E-state index in [-0.39, 0.29) is 6.54 Å². The Morgan fingerprint density at radius 3 is 2.50 bits per heavy atom. The largest absolute Gasteiger partial charge is 0.435 e. The minimum Gasteiger partial charge on any atom is -0.365 e. The number of carbonyl (C=O) groups is 1. The number of hydrogen-bond acceptors (Lipinski definition) is 2. The zero-order chi connectivity index (χ0) is 10.9. The standard InChI is InChI=1S/C7H8F3N3O/c1-2-13-3-4(6(11)14)5(12-13)7(8,9)10/h3H,2H2,1H3,(H2,11,14). The van der Waals surface area contributed by atoms with Gasteiger partial charge in [0.1, 0.15) is 0 Å². The first kappa shape index (κ1) is 10.6. The van der Waals surface area contributed by atoms with Crippen LogP contribution in [0, 0.1) is 0 Å². The number of alkyl halides is 3. The van der Waals surface area contributed by atoms with E-state index < -0.39 is 23.3 Å². The molecule has 0 saturated carbocycles. The van der Waals surface area contributed by atoms with Gasteiger partial charge >= 0.3 is 6.18 Å². The van der Waals surface area contributed by atoms with Gasteiger partial charge in [0.05, 0.1) is 5.56 Å². The lowest BCUT2D eigenvalue weighted by Gasteiger charge is -2.02. The van der Waals surface area contributed by atoms with E-state index in [2.05, 4.69) is 5.10 Å². The van der Waals surface area contributed by atoms with Gasteiger partial charge in [0.15, 0.2) is 5.69 Å². The summed E-state index contributed by atoms with van der Waals surface area (Å²) in [6.07, 6.45) is -3.66. The molecule has 0 saturated heterocycles. The van der Waals surface area contributed by atoms with Gasteiger partial charge in [0, 0.05) is 12.7 Å². The van der Waals surface area contributed by atoms with Crippen molar-refractivity contribution in [2.24, 2.45) is 5.73 Å². The molecule has 4 nitrogen and oxygen atoms in total. The lowest BCUT2D eigenvalue weighted by Crippen LogP contribution is -2.17. The lowest BCUT2D eigenvalue weighted by molar-refractivity contribution is -0.141. The quantitative estimate of drug-likeness (QED) is 0.786. The molecule has 1 aromatic heterocycles. The maximum absolute atomic E-state index is 12.3. The van der Waals surface area contributed by atoms with Gasteiger partial charge in [-0.15, -0.1) is 0 Å². The number of hydrogen-bond donors (Lipinski definition) is 1. The molecule has 0 atom stereocenters. The summed E-state index contributed by atoms with van der Waals surface area (Å²) < 4.78 is 37.8. The first-order valence-corrected chi connectivity index (χ1v) is 3.80. The highest BCUT2D eigenvalue weighted by atomic mass is 19.4. The first-order valence-electron chi connectivity index (χ1n) is 3.80. The van der Waals surface area contributed by atoms with E-state index in [0.717, 1.165) is 10.9 Å². The van der Waals surface area contributed by atoms with Gasteiger partial charge < -0.3 is 5.73 Å². The van der Waals surface area contributed by atoms with Crippen LogP contribution in [0.1, 0.15) is 23.0 Å². The van der Waals surface area contributed by atoms with Gasteiger partial charge in [0.25, 0.3) is 5.91 Å². The average Bonchev–Trinajstić information content (AvgIpc) is 2.46. The fraction of sp³-hybridized carbons (Fsp3) is 0.429. The summed E-state index contributed by atoms with van der Waals surface area (Å²) in [5.41, 5.74) is 2.96. The number of nitrogens with two attached hydrogens (primary N) is 1. The van der Waals surface area contributed by atoms with E-state index in [4.69, 9.17) is 5.73 Å². The van der Waals surface area contributed by atoms with Crippen LogP contribution in [0.4, 0.5) is 13.2 Å². The van der Waals surface area contributed by atoms with Gasteiger partial charge in [0.2, 0.25) is 0 Å². The number of carbonyl (C=O) groups excluding carboxylic acids is 1. The summed E-state index contributed by atoms with van der Waals surface area (Å²) in [5.74, 6) is -1.13. The predicted molar refractivity (Wildman–Crippen MR) is 41.4 cm³/mol. The fourth-order valence-electron chi connectivity index (χ4n) is 0.973. The van der Waals surface area contributed by atoms with Gasteiger partial charge in [-0.3, -0.25) is 9.48 Å². The molecule has 1 aromatic rings. The normalized spacial score (nSPS) is 11.7. The summed E-state index contributed by atoms with van der Waals surface area (Å²) in [4.78, 5) is 10.7. The molecule has 78 valence electrons. The van der Waals surface area contributed by atoms with Crippen LogP contribution >= 0.6 is 0 Å². The monoisotopic (exact) mass is 207 g/mol. The van der Waals surface area contributed by atoms with Crippen molar-refractivity contribution >= 4 is 5.91 Å². The second-order valence-corrected chi connectivity index (χ2v) is 2.61. The maximum Gasteiger partial charge on any atom is 0.435 e. The number of rotatable bonds is 2. The number of primary amides is 1. The smallest absolute Gasteiger partial charge is 0.365 e. The van der Waals surface area contributed by atoms with Crippen molar-refractivity contribution in [2.45, 2.75) is 19.6 Å². The molecule has 1 heterocycles. The highest BCUT2D eigenvalue weighted by Crippen LogP contribution is 2.30. The van der Waals surface area contributed by atoms with Crippen molar-refractivity contribution in [3.63, 3.8) is 0 Å². The Kier molecular flexibility index (Phi) is 2.50. The number of halogens is 3. The molecular formula is C7H8F3N3O. The highest BCUT2D eigenvalue weighted by molar-refractivity contribution is 5.93. The van der Waals surface area contributed by atoms with Crippen LogP contribution in [0.2, 0.25) is 0 Å². The number of amides is 1. The molecule has 7 heteroatoms. The molecule has 0 aromatic carbocycles. The van der Waals surface area contributed by atoms with E-state index in [0.29, 0.717) is 0 Å². The van der Waals surface area contributed by atoms with E-state index in [1.807, 2.05) is 0 Å². The summed E-state index contributed by atoms with van der Waals surface area (Å²) in [6.45, 7) is 1.86. The zero-order valence-electron chi connectivity index (χ0n) is 7.30. The van der Waals surface area contributed by atoms with Gasteiger partial charge in [-0.1, -0.05) is 0 Å². The summed E-state index contributed by atoms with van der Waals surface area (Å²) in [5, 5.41) is 3.21. The van der Waals surface area contributed by atoms with Crippen LogP contribution in [0.25, 0.3) is 0 Å². The number of aromatic nitrogens is 2. The van der Waals surface area contributed by atoms with E-state index in [1.54, 1.807) is 6.92 Å². The molecule has 0 unspecified atom stereocenters.